The minimum Gasteiger partial charge on any atom is -0.479 e. The van der Waals surface area contributed by atoms with Crippen molar-refractivity contribution in [1.82, 2.24) is 0 Å². The average molecular weight is 411 g/mol. The molecule has 2 atom stereocenters. The van der Waals surface area contributed by atoms with Crippen molar-refractivity contribution >= 4 is 17.6 Å². The van der Waals surface area contributed by atoms with E-state index in [1.165, 1.54) is 55.5 Å². The van der Waals surface area contributed by atoms with Gasteiger partial charge in [0.15, 0.2) is 6.10 Å². The molecule has 154 valence electrons. The zero-order valence-electron chi connectivity index (χ0n) is 16.0. The Morgan fingerprint density at radius 1 is 0.833 bits per heavy atom. The molecule has 0 aliphatic rings. The number of benzene rings is 3. The number of anilines is 1. The van der Waals surface area contributed by atoms with E-state index in [4.69, 9.17) is 9.47 Å². The molecule has 3 aromatic carbocycles. The van der Waals surface area contributed by atoms with Crippen LogP contribution in [0.3, 0.4) is 0 Å². The first kappa shape index (κ1) is 21.0. The molecule has 0 bridgehead atoms. The van der Waals surface area contributed by atoms with Gasteiger partial charge in [-0.05, 0) is 55.5 Å². The molecule has 0 heterocycles. The van der Waals surface area contributed by atoms with E-state index < -0.39 is 35.7 Å². The zero-order valence-corrected chi connectivity index (χ0v) is 16.0. The molecule has 1 amide bonds. The van der Waals surface area contributed by atoms with Gasteiger partial charge in [0.25, 0.3) is 5.91 Å². The third-order valence-corrected chi connectivity index (χ3v) is 4.14. The second-order valence-electron chi connectivity index (χ2n) is 6.44. The summed E-state index contributed by atoms with van der Waals surface area (Å²) in [7, 11) is 0. The molecule has 30 heavy (non-hydrogen) atoms. The van der Waals surface area contributed by atoms with Crippen LogP contribution < -0.4 is 10.1 Å². The van der Waals surface area contributed by atoms with E-state index in [2.05, 4.69) is 5.32 Å². The molecule has 5 nitrogen and oxygen atoms in total. The third kappa shape index (κ3) is 5.64. The van der Waals surface area contributed by atoms with Crippen LogP contribution in [0.2, 0.25) is 0 Å². The SMILES string of the molecule is C[C@@H](Oc1ccc(F)cc1)C(=O)O[C@H](C(=O)Nc1ccc(F)cc1)c1ccccc1. The lowest BCUT2D eigenvalue weighted by Gasteiger charge is -2.21. The molecule has 3 rings (SSSR count). The monoisotopic (exact) mass is 411 g/mol. The maximum Gasteiger partial charge on any atom is 0.348 e. The standard InChI is InChI=1S/C23H19F2NO4/c1-15(29-20-13-9-18(25)10-14-20)23(28)30-21(16-5-3-2-4-6-16)22(27)26-19-11-7-17(24)8-12-19/h2-15,21H,1H3,(H,26,27)/t15-,21+/m1/s1. The predicted octanol–water partition coefficient (Wildman–Crippen LogP) is 4.66. The van der Waals surface area contributed by atoms with Gasteiger partial charge in [-0.3, -0.25) is 4.79 Å². The Balaban J connectivity index is 1.73. The van der Waals surface area contributed by atoms with E-state index in [0.717, 1.165) is 0 Å². The molecular formula is C23H19F2NO4. The summed E-state index contributed by atoms with van der Waals surface area (Å²) >= 11 is 0. The molecule has 0 saturated heterocycles. The molecule has 0 radical (unpaired) electrons. The van der Waals surface area contributed by atoms with E-state index in [1.54, 1.807) is 30.3 Å². The highest BCUT2D eigenvalue weighted by Gasteiger charge is 2.28. The molecule has 0 spiro atoms. The number of halogens is 2. The smallest absolute Gasteiger partial charge is 0.348 e. The van der Waals surface area contributed by atoms with Crippen LogP contribution in [-0.2, 0) is 14.3 Å². The Bertz CT molecular complexity index is 992. The lowest BCUT2D eigenvalue weighted by molar-refractivity contribution is -0.161. The minimum absolute atomic E-state index is 0.285. The van der Waals surface area contributed by atoms with Gasteiger partial charge in [0, 0.05) is 11.3 Å². The maximum absolute atomic E-state index is 13.1. The van der Waals surface area contributed by atoms with Crippen LogP contribution in [0.25, 0.3) is 0 Å². The fourth-order valence-corrected chi connectivity index (χ4v) is 2.62. The number of hydrogen-bond acceptors (Lipinski definition) is 4. The van der Waals surface area contributed by atoms with Gasteiger partial charge in [-0.2, -0.15) is 0 Å². The molecular weight excluding hydrogens is 392 g/mol. The summed E-state index contributed by atoms with van der Waals surface area (Å²) in [6.07, 6.45) is -2.29. The van der Waals surface area contributed by atoms with Crippen molar-refractivity contribution in [3.8, 4) is 5.75 Å². The van der Waals surface area contributed by atoms with Crippen molar-refractivity contribution in [2.75, 3.05) is 5.32 Å². The largest absolute Gasteiger partial charge is 0.479 e. The van der Waals surface area contributed by atoms with Crippen LogP contribution in [0.4, 0.5) is 14.5 Å². The number of nitrogens with one attached hydrogen (secondary N) is 1. The lowest BCUT2D eigenvalue weighted by Crippen LogP contribution is -2.32. The summed E-state index contributed by atoms with van der Waals surface area (Å²) in [5.41, 5.74) is 0.813. The van der Waals surface area contributed by atoms with Crippen molar-refractivity contribution in [3.05, 3.63) is 96.1 Å². The van der Waals surface area contributed by atoms with Gasteiger partial charge in [0.1, 0.15) is 17.4 Å². The first-order valence-corrected chi connectivity index (χ1v) is 9.16. The quantitative estimate of drug-likeness (QED) is 0.575. The summed E-state index contributed by atoms with van der Waals surface area (Å²) in [5.74, 6) is -1.96. The summed E-state index contributed by atoms with van der Waals surface area (Å²) in [5, 5.41) is 2.60. The number of carbonyl (C=O) groups excluding carboxylic acids is 2. The second kappa shape index (κ2) is 9.65. The molecule has 7 heteroatoms. The molecule has 1 N–H and O–H groups in total. The third-order valence-electron chi connectivity index (χ3n) is 4.14. The van der Waals surface area contributed by atoms with E-state index in [9.17, 15) is 18.4 Å². The minimum atomic E-state index is -1.25. The van der Waals surface area contributed by atoms with Crippen molar-refractivity contribution in [3.63, 3.8) is 0 Å². The normalized spacial score (nSPS) is 12.5. The van der Waals surface area contributed by atoms with Crippen molar-refractivity contribution in [2.45, 2.75) is 19.1 Å². The van der Waals surface area contributed by atoms with Gasteiger partial charge in [0.2, 0.25) is 6.10 Å². The van der Waals surface area contributed by atoms with Crippen LogP contribution >= 0.6 is 0 Å². The van der Waals surface area contributed by atoms with Gasteiger partial charge in [-0.1, -0.05) is 30.3 Å². The second-order valence-corrected chi connectivity index (χ2v) is 6.44. The van der Waals surface area contributed by atoms with Gasteiger partial charge in [-0.15, -0.1) is 0 Å². The number of rotatable bonds is 7. The van der Waals surface area contributed by atoms with Gasteiger partial charge in [0.05, 0.1) is 0 Å². The van der Waals surface area contributed by atoms with E-state index in [-0.39, 0.29) is 5.75 Å². The first-order chi connectivity index (χ1) is 14.4. The maximum atomic E-state index is 13.1. The molecule has 0 fully saturated rings. The van der Waals surface area contributed by atoms with Crippen molar-refractivity contribution < 1.29 is 27.8 Å². The Morgan fingerprint density at radius 2 is 1.40 bits per heavy atom. The number of esters is 1. The summed E-state index contributed by atoms with van der Waals surface area (Å²) in [6.45, 7) is 1.46. The fourth-order valence-electron chi connectivity index (χ4n) is 2.62. The Morgan fingerprint density at radius 3 is 2.00 bits per heavy atom. The molecule has 0 unspecified atom stereocenters. The van der Waals surface area contributed by atoms with Crippen LogP contribution in [0.1, 0.15) is 18.6 Å². The van der Waals surface area contributed by atoms with Crippen LogP contribution in [0, 0.1) is 11.6 Å². The van der Waals surface area contributed by atoms with E-state index >= 15 is 0 Å². The highest BCUT2D eigenvalue weighted by molar-refractivity contribution is 5.96. The van der Waals surface area contributed by atoms with Crippen LogP contribution in [-0.4, -0.2) is 18.0 Å². The van der Waals surface area contributed by atoms with Gasteiger partial charge < -0.3 is 14.8 Å². The number of hydrogen-bond donors (Lipinski definition) is 1. The summed E-state index contributed by atoms with van der Waals surface area (Å²) in [6, 6.07) is 18.9. The Labute approximate surface area is 172 Å². The van der Waals surface area contributed by atoms with Crippen molar-refractivity contribution in [1.29, 1.82) is 0 Å². The lowest BCUT2D eigenvalue weighted by atomic mass is 10.1. The number of carbonyl (C=O) groups is 2. The molecule has 0 saturated carbocycles. The summed E-state index contributed by atoms with van der Waals surface area (Å²) in [4.78, 5) is 25.3. The molecule has 3 aromatic rings. The zero-order chi connectivity index (χ0) is 21.5. The highest BCUT2D eigenvalue weighted by Crippen LogP contribution is 2.22. The van der Waals surface area contributed by atoms with Crippen molar-refractivity contribution in [2.24, 2.45) is 0 Å². The highest BCUT2D eigenvalue weighted by atomic mass is 19.1. The van der Waals surface area contributed by atoms with Crippen LogP contribution in [0.5, 0.6) is 5.75 Å². The molecule has 0 aliphatic carbocycles. The Hall–Kier alpha value is -3.74. The van der Waals surface area contributed by atoms with Gasteiger partial charge >= 0.3 is 5.97 Å². The number of ether oxygens (including phenoxy) is 2. The average Bonchev–Trinajstić information content (AvgIpc) is 2.75. The van der Waals surface area contributed by atoms with Gasteiger partial charge in [-0.25, -0.2) is 13.6 Å². The van der Waals surface area contributed by atoms with Crippen LogP contribution in [0.15, 0.2) is 78.9 Å². The van der Waals surface area contributed by atoms with E-state index in [1.807, 2.05) is 0 Å². The Kier molecular flexibility index (Phi) is 6.75. The summed E-state index contributed by atoms with van der Waals surface area (Å²) < 4.78 is 37.0. The predicted molar refractivity (Wildman–Crippen MR) is 107 cm³/mol. The molecule has 0 aromatic heterocycles. The van der Waals surface area contributed by atoms with E-state index in [0.29, 0.717) is 11.3 Å². The topological polar surface area (TPSA) is 64.6 Å². The number of amides is 1. The molecule has 0 aliphatic heterocycles. The fraction of sp³-hybridized carbons (Fsp3) is 0.130. The first-order valence-electron chi connectivity index (χ1n) is 9.16.